The van der Waals surface area contributed by atoms with Crippen molar-refractivity contribution in [2.75, 3.05) is 18.5 Å². The lowest BCUT2D eigenvalue weighted by molar-refractivity contribution is 0.280. The fourth-order valence-electron chi connectivity index (χ4n) is 1.85. The summed E-state index contributed by atoms with van der Waals surface area (Å²) in [6.07, 6.45) is 2.28. The highest BCUT2D eigenvalue weighted by Crippen LogP contribution is 2.32. The van der Waals surface area contributed by atoms with E-state index in [1.54, 1.807) is 11.9 Å². The zero-order chi connectivity index (χ0) is 11.7. The Bertz CT molecular complexity index is 368. The zero-order valence-electron chi connectivity index (χ0n) is 9.21. The summed E-state index contributed by atoms with van der Waals surface area (Å²) in [5.74, 6) is -0.638. The van der Waals surface area contributed by atoms with Crippen molar-refractivity contribution in [3.8, 4) is 0 Å². The second-order valence-electron chi connectivity index (χ2n) is 4.39. The van der Waals surface area contributed by atoms with Gasteiger partial charge in [0.1, 0.15) is 17.3 Å². The van der Waals surface area contributed by atoms with E-state index in [1.807, 2.05) is 0 Å². The Hall–Kier alpha value is -1.16. The summed E-state index contributed by atoms with van der Waals surface area (Å²) in [5.41, 5.74) is 0.266. The van der Waals surface area contributed by atoms with Gasteiger partial charge >= 0.3 is 0 Å². The first-order valence-electron chi connectivity index (χ1n) is 5.41. The molecular formula is C12H15F2NO. The van der Waals surface area contributed by atoms with Crippen LogP contribution in [0.25, 0.3) is 0 Å². The van der Waals surface area contributed by atoms with Gasteiger partial charge in [-0.2, -0.15) is 0 Å². The second kappa shape index (κ2) is 4.37. The summed E-state index contributed by atoms with van der Waals surface area (Å²) in [7, 11) is 1.69. The largest absolute Gasteiger partial charge is 0.392 e. The highest BCUT2D eigenvalue weighted by atomic mass is 19.1. The quantitative estimate of drug-likeness (QED) is 0.853. The molecule has 2 nitrogen and oxygen atoms in total. The number of halogens is 2. The first kappa shape index (κ1) is 11.3. The van der Waals surface area contributed by atoms with Crippen LogP contribution in [0.4, 0.5) is 14.5 Å². The van der Waals surface area contributed by atoms with E-state index in [9.17, 15) is 8.78 Å². The fourth-order valence-corrected chi connectivity index (χ4v) is 1.85. The maximum atomic E-state index is 13.6. The van der Waals surface area contributed by atoms with Gasteiger partial charge in [-0.1, -0.05) is 0 Å². The second-order valence-corrected chi connectivity index (χ2v) is 4.39. The molecular weight excluding hydrogens is 212 g/mol. The van der Waals surface area contributed by atoms with Crippen LogP contribution in [0.1, 0.15) is 18.4 Å². The van der Waals surface area contributed by atoms with Crippen LogP contribution in [-0.2, 0) is 6.61 Å². The van der Waals surface area contributed by atoms with Crippen LogP contribution in [0.5, 0.6) is 0 Å². The summed E-state index contributed by atoms with van der Waals surface area (Å²) in [4.78, 5) is 1.61. The summed E-state index contributed by atoms with van der Waals surface area (Å²) in [6, 6.07) is 2.36. The molecule has 16 heavy (non-hydrogen) atoms. The number of benzene rings is 1. The molecule has 0 unspecified atom stereocenters. The minimum Gasteiger partial charge on any atom is -0.392 e. The SMILES string of the molecule is CN(CC1CC1)c1c(F)cc(CO)cc1F. The first-order chi connectivity index (χ1) is 7.61. The van der Waals surface area contributed by atoms with Crippen LogP contribution >= 0.6 is 0 Å². The average Bonchev–Trinajstić information content (AvgIpc) is 3.00. The monoisotopic (exact) mass is 227 g/mol. The molecule has 1 aliphatic rings. The third-order valence-electron chi connectivity index (χ3n) is 2.87. The zero-order valence-corrected chi connectivity index (χ0v) is 9.21. The van der Waals surface area contributed by atoms with E-state index in [1.165, 1.54) is 12.1 Å². The Kier molecular flexibility index (Phi) is 3.10. The Balaban J connectivity index is 2.24. The van der Waals surface area contributed by atoms with E-state index in [2.05, 4.69) is 0 Å². The van der Waals surface area contributed by atoms with Crippen molar-refractivity contribution in [2.45, 2.75) is 19.4 Å². The van der Waals surface area contributed by atoms with Gasteiger partial charge in [0.15, 0.2) is 0 Å². The predicted molar refractivity (Wildman–Crippen MR) is 58.3 cm³/mol. The van der Waals surface area contributed by atoms with E-state index in [0.29, 0.717) is 12.5 Å². The third-order valence-corrected chi connectivity index (χ3v) is 2.87. The lowest BCUT2D eigenvalue weighted by atomic mass is 10.1. The van der Waals surface area contributed by atoms with Gasteiger partial charge in [-0.3, -0.25) is 0 Å². The molecule has 0 amide bonds. The molecule has 2 rings (SSSR count). The topological polar surface area (TPSA) is 23.5 Å². The molecule has 0 bridgehead atoms. The summed E-state index contributed by atoms with van der Waals surface area (Å²) in [5, 5.41) is 8.82. The maximum absolute atomic E-state index is 13.6. The fraction of sp³-hybridized carbons (Fsp3) is 0.500. The van der Waals surface area contributed by atoms with Gasteiger partial charge in [-0.15, -0.1) is 0 Å². The van der Waals surface area contributed by atoms with Gasteiger partial charge < -0.3 is 10.0 Å². The van der Waals surface area contributed by atoms with Gasteiger partial charge in [0, 0.05) is 13.6 Å². The van der Waals surface area contributed by atoms with Crippen molar-refractivity contribution < 1.29 is 13.9 Å². The molecule has 0 saturated heterocycles. The van der Waals surface area contributed by atoms with E-state index in [4.69, 9.17) is 5.11 Å². The van der Waals surface area contributed by atoms with Gasteiger partial charge in [0.2, 0.25) is 0 Å². The molecule has 0 radical (unpaired) electrons. The molecule has 1 aromatic carbocycles. The van der Waals surface area contributed by atoms with E-state index < -0.39 is 11.6 Å². The van der Waals surface area contributed by atoms with Crippen LogP contribution < -0.4 is 4.90 Å². The van der Waals surface area contributed by atoms with E-state index in [-0.39, 0.29) is 17.9 Å². The van der Waals surface area contributed by atoms with Crippen molar-refractivity contribution in [3.05, 3.63) is 29.3 Å². The van der Waals surface area contributed by atoms with Crippen molar-refractivity contribution in [1.29, 1.82) is 0 Å². The summed E-state index contributed by atoms with van der Waals surface area (Å²) < 4.78 is 27.3. The molecule has 0 aromatic heterocycles. The number of aliphatic hydroxyl groups is 1. The lowest BCUT2D eigenvalue weighted by Crippen LogP contribution is -2.22. The van der Waals surface area contributed by atoms with Crippen molar-refractivity contribution in [2.24, 2.45) is 5.92 Å². The van der Waals surface area contributed by atoms with Crippen molar-refractivity contribution >= 4 is 5.69 Å². The Morgan fingerprint density at radius 3 is 2.31 bits per heavy atom. The molecule has 0 spiro atoms. The highest BCUT2D eigenvalue weighted by molar-refractivity contribution is 5.50. The number of anilines is 1. The van der Waals surface area contributed by atoms with Crippen LogP contribution in [0, 0.1) is 17.6 Å². The summed E-state index contributed by atoms with van der Waals surface area (Å²) >= 11 is 0. The number of aliphatic hydroxyl groups excluding tert-OH is 1. The van der Waals surface area contributed by atoms with E-state index >= 15 is 0 Å². The highest BCUT2D eigenvalue weighted by Gasteiger charge is 2.25. The Morgan fingerprint density at radius 2 is 1.88 bits per heavy atom. The molecule has 1 fully saturated rings. The van der Waals surface area contributed by atoms with Crippen molar-refractivity contribution in [3.63, 3.8) is 0 Å². The Morgan fingerprint density at radius 1 is 1.31 bits per heavy atom. The van der Waals surface area contributed by atoms with E-state index in [0.717, 1.165) is 12.8 Å². The molecule has 1 aromatic rings. The summed E-state index contributed by atoms with van der Waals surface area (Å²) in [6.45, 7) is 0.340. The third kappa shape index (κ3) is 2.32. The normalized spacial score (nSPS) is 15.2. The minimum absolute atomic E-state index is 0.00380. The molecule has 1 N–H and O–H groups in total. The van der Waals surface area contributed by atoms with Gasteiger partial charge in [-0.05, 0) is 36.5 Å². The standard InChI is InChI=1S/C12H15F2NO/c1-15(6-8-2-3-8)12-10(13)4-9(7-16)5-11(12)14/h4-5,8,16H,2-3,6-7H2,1H3. The molecule has 0 atom stereocenters. The number of rotatable bonds is 4. The Labute approximate surface area is 93.5 Å². The van der Waals surface area contributed by atoms with Crippen LogP contribution in [-0.4, -0.2) is 18.7 Å². The first-order valence-corrected chi connectivity index (χ1v) is 5.41. The number of hydrogen-bond donors (Lipinski definition) is 1. The molecule has 0 aliphatic heterocycles. The number of hydrogen-bond acceptors (Lipinski definition) is 2. The maximum Gasteiger partial charge on any atom is 0.149 e. The van der Waals surface area contributed by atoms with Gasteiger partial charge in [-0.25, -0.2) is 8.78 Å². The average molecular weight is 227 g/mol. The smallest absolute Gasteiger partial charge is 0.149 e. The van der Waals surface area contributed by atoms with Crippen LogP contribution in [0.15, 0.2) is 12.1 Å². The van der Waals surface area contributed by atoms with Crippen LogP contribution in [0.2, 0.25) is 0 Å². The lowest BCUT2D eigenvalue weighted by Gasteiger charge is -2.20. The van der Waals surface area contributed by atoms with Crippen molar-refractivity contribution in [1.82, 2.24) is 0 Å². The van der Waals surface area contributed by atoms with Gasteiger partial charge in [0.25, 0.3) is 0 Å². The molecule has 0 heterocycles. The molecule has 88 valence electrons. The number of nitrogens with zero attached hydrogens (tertiary/aromatic N) is 1. The van der Waals surface area contributed by atoms with Gasteiger partial charge in [0.05, 0.1) is 6.61 Å². The molecule has 1 aliphatic carbocycles. The predicted octanol–water partition coefficient (Wildman–Crippen LogP) is 2.30. The minimum atomic E-state index is -0.604. The molecule has 1 saturated carbocycles. The molecule has 4 heteroatoms. The van der Waals surface area contributed by atoms with Crippen LogP contribution in [0.3, 0.4) is 0 Å².